The Morgan fingerprint density at radius 1 is 1.33 bits per heavy atom. The number of aromatic nitrogens is 3. The first-order chi connectivity index (χ1) is 9.90. The van der Waals surface area contributed by atoms with Gasteiger partial charge in [0.15, 0.2) is 0 Å². The normalized spacial score (nSPS) is 11.3. The topological polar surface area (TPSA) is 96.8 Å². The summed E-state index contributed by atoms with van der Waals surface area (Å²) in [6.45, 7) is 0. The first-order valence-electron chi connectivity index (χ1n) is 6.00. The Morgan fingerprint density at radius 2 is 2.05 bits per heavy atom. The van der Waals surface area contributed by atoms with Crippen LogP contribution in [0.25, 0.3) is 16.8 Å². The third-order valence-electron chi connectivity index (χ3n) is 3.34. The van der Waals surface area contributed by atoms with Crippen molar-refractivity contribution >= 4 is 44.7 Å². The molecule has 0 aliphatic carbocycles. The van der Waals surface area contributed by atoms with E-state index < -0.39 is 11.9 Å². The van der Waals surface area contributed by atoms with Gasteiger partial charge >= 0.3 is 11.9 Å². The van der Waals surface area contributed by atoms with Crippen LogP contribution in [0, 0.1) is 0 Å². The largest absolute Gasteiger partial charge is 0.481 e. The van der Waals surface area contributed by atoms with E-state index in [0.29, 0.717) is 27.1 Å². The van der Waals surface area contributed by atoms with Gasteiger partial charge in [-0.15, -0.1) is 0 Å². The number of rotatable bonds is 3. The summed E-state index contributed by atoms with van der Waals surface area (Å²) in [4.78, 5) is 26.3. The van der Waals surface area contributed by atoms with Crippen molar-refractivity contribution in [2.24, 2.45) is 7.05 Å². The Hall–Kier alpha value is -2.35. The Bertz CT molecular complexity index is 909. The lowest BCUT2D eigenvalue weighted by molar-refractivity contribution is -0.136. The number of aryl methyl sites for hydroxylation is 1. The molecule has 0 aliphatic heterocycles. The minimum atomic E-state index is -1.01. The molecule has 1 aromatic carbocycles. The lowest BCUT2D eigenvalue weighted by atomic mass is 10.2. The van der Waals surface area contributed by atoms with Crippen LogP contribution in [-0.2, 0) is 18.3 Å². The standard InChI is InChI=1S/C13H10BrN3O4/c1-16-9(5-10(18)19)11(14)17-8-3-2-6(12(20)21)4-7(8)15-13(16)17/h2-4H,5H2,1H3,(H,18,19)(H,20,21). The molecule has 0 spiro atoms. The van der Waals surface area contributed by atoms with Crippen molar-refractivity contribution in [1.29, 1.82) is 0 Å². The van der Waals surface area contributed by atoms with Crippen LogP contribution in [0.5, 0.6) is 0 Å². The summed E-state index contributed by atoms with van der Waals surface area (Å²) >= 11 is 3.40. The number of carboxylic acids is 2. The van der Waals surface area contributed by atoms with Gasteiger partial charge in [-0.1, -0.05) is 0 Å². The van der Waals surface area contributed by atoms with Gasteiger partial charge in [0.05, 0.1) is 28.7 Å². The molecule has 0 unspecified atom stereocenters. The minimum absolute atomic E-state index is 0.130. The Kier molecular flexibility index (Phi) is 2.98. The molecule has 0 saturated carbocycles. The van der Waals surface area contributed by atoms with Gasteiger partial charge in [0, 0.05) is 7.05 Å². The number of nitrogens with zero attached hydrogens (tertiary/aromatic N) is 3. The molecule has 3 rings (SSSR count). The van der Waals surface area contributed by atoms with Crippen LogP contribution in [-0.4, -0.2) is 36.1 Å². The summed E-state index contributed by atoms with van der Waals surface area (Å²) in [5.41, 5.74) is 2.01. The van der Waals surface area contributed by atoms with Gasteiger partial charge in [0.2, 0.25) is 5.78 Å². The molecular weight excluding hydrogens is 342 g/mol. The number of aliphatic carboxylic acids is 1. The van der Waals surface area contributed by atoms with E-state index in [1.807, 2.05) is 0 Å². The van der Waals surface area contributed by atoms with Gasteiger partial charge in [-0.3, -0.25) is 9.20 Å². The van der Waals surface area contributed by atoms with Crippen molar-refractivity contribution in [1.82, 2.24) is 14.0 Å². The van der Waals surface area contributed by atoms with E-state index >= 15 is 0 Å². The van der Waals surface area contributed by atoms with E-state index in [1.54, 1.807) is 22.1 Å². The lowest BCUT2D eigenvalue weighted by Gasteiger charge is -2.00. The van der Waals surface area contributed by atoms with Crippen LogP contribution in [0.3, 0.4) is 0 Å². The molecule has 7 nitrogen and oxygen atoms in total. The quantitative estimate of drug-likeness (QED) is 0.751. The molecule has 2 heterocycles. The number of hydrogen-bond donors (Lipinski definition) is 2. The molecule has 0 atom stereocenters. The summed E-state index contributed by atoms with van der Waals surface area (Å²) in [6, 6.07) is 4.65. The number of imidazole rings is 2. The molecule has 3 aromatic rings. The molecule has 2 N–H and O–H groups in total. The van der Waals surface area contributed by atoms with Gasteiger partial charge in [-0.25, -0.2) is 9.78 Å². The Balaban J connectivity index is 2.32. The van der Waals surface area contributed by atoms with Crippen molar-refractivity contribution in [2.75, 3.05) is 0 Å². The third-order valence-corrected chi connectivity index (χ3v) is 4.15. The number of carbonyl (C=O) groups is 2. The van der Waals surface area contributed by atoms with E-state index in [2.05, 4.69) is 20.9 Å². The summed E-state index contributed by atoms with van der Waals surface area (Å²) in [5, 5.41) is 18.0. The molecule has 21 heavy (non-hydrogen) atoms. The second-order valence-electron chi connectivity index (χ2n) is 4.62. The number of halogens is 1. The van der Waals surface area contributed by atoms with Crippen molar-refractivity contribution < 1.29 is 19.8 Å². The zero-order chi connectivity index (χ0) is 15.3. The summed E-state index contributed by atoms with van der Waals surface area (Å²) in [7, 11) is 1.72. The molecule has 0 radical (unpaired) electrons. The second kappa shape index (κ2) is 4.59. The van der Waals surface area contributed by atoms with Gasteiger partial charge in [0.1, 0.15) is 4.60 Å². The molecule has 0 amide bonds. The number of aromatic carboxylic acids is 1. The molecule has 8 heteroatoms. The summed E-state index contributed by atoms with van der Waals surface area (Å²) in [5.74, 6) is -1.40. The maximum absolute atomic E-state index is 11.0. The highest BCUT2D eigenvalue weighted by molar-refractivity contribution is 9.10. The van der Waals surface area contributed by atoms with E-state index in [-0.39, 0.29) is 12.0 Å². The van der Waals surface area contributed by atoms with Crippen molar-refractivity contribution in [3.63, 3.8) is 0 Å². The molecular formula is C13H10BrN3O4. The van der Waals surface area contributed by atoms with Crippen LogP contribution in [0.1, 0.15) is 16.1 Å². The molecule has 108 valence electrons. The average Bonchev–Trinajstić information content (AvgIpc) is 2.89. The smallest absolute Gasteiger partial charge is 0.335 e. The van der Waals surface area contributed by atoms with Crippen LogP contribution in [0.15, 0.2) is 22.8 Å². The molecule has 0 saturated heterocycles. The molecule has 0 fully saturated rings. The van der Waals surface area contributed by atoms with Crippen molar-refractivity contribution in [2.45, 2.75) is 6.42 Å². The fraction of sp³-hybridized carbons (Fsp3) is 0.154. The van der Waals surface area contributed by atoms with Gasteiger partial charge in [-0.2, -0.15) is 0 Å². The summed E-state index contributed by atoms with van der Waals surface area (Å²) < 4.78 is 4.05. The Labute approximate surface area is 126 Å². The van der Waals surface area contributed by atoms with Gasteiger partial charge < -0.3 is 14.8 Å². The maximum Gasteiger partial charge on any atom is 0.335 e. The monoisotopic (exact) mass is 351 g/mol. The molecule has 0 aliphatic rings. The summed E-state index contributed by atoms with van der Waals surface area (Å²) in [6.07, 6.45) is -0.130. The number of carboxylic acid groups (broad SMARTS) is 2. The fourth-order valence-corrected chi connectivity index (χ4v) is 3.10. The van der Waals surface area contributed by atoms with Gasteiger partial charge in [0.25, 0.3) is 0 Å². The van der Waals surface area contributed by atoms with E-state index in [0.717, 1.165) is 0 Å². The molecule has 0 bridgehead atoms. The maximum atomic E-state index is 11.0. The van der Waals surface area contributed by atoms with E-state index in [9.17, 15) is 9.59 Å². The first kappa shape index (κ1) is 13.6. The lowest BCUT2D eigenvalue weighted by Crippen LogP contribution is -2.06. The van der Waals surface area contributed by atoms with E-state index in [4.69, 9.17) is 10.2 Å². The van der Waals surface area contributed by atoms with Crippen LogP contribution < -0.4 is 0 Å². The van der Waals surface area contributed by atoms with Crippen molar-refractivity contribution in [3.05, 3.63) is 34.1 Å². The second-order valence-corrected chi connectivity index (χ2v) is 5.37. The SMILES string of the molecule is Cn1c(CC(=O)O)c(Br)n2c3ccc(C(=O)O)cc3nc12. The predicted octanol–water partition coefficient (Wildman–Crippen LogP) is 1.91. The number of fused-ring (bicyclic) bond motifs is 3. The zero-order valence-corrected chi connectivity index (χ0v) is 12.5. The number of benzene rings is 1. The Morgan fingerprint density at radius 3 is 2.67 bits per heavy atom. The fourth-order valence-electron chi connectivity index (χ4n) is 2.34. The van der Waals surface area contributed by atoms with Gasteiger partial charge in [-0.05, 0) is 34.1 Å². The highest BCUT2D eigenvalue weighted by Gasteiger charge is 2.20. The zero-order valence-electron chi connectivity index (χ0n) is 10.9. The van der Waals surface area contributed by atoms with Crippen LogP contribution in [0.2, 0.25) is 0 Å². The van der Waals surface area contributed by atoms with Crippen molar-refractivity contribution in [3.8, 4) is 0 Å². The average molecular weight is 352 g/mol. The van der Waals surface area contributed by atoms with Crippen LogP contribution in [0.4, 0.5) is 0 Å². The first-order valence-corrected chi connectivity index (χ1v) is 6.80. The molecule has 2 aromatic heterocycles. The van der Waals surface area contributed by atoms with E-state index in [1.165, 1.54) is 12.1 Å². The van der Waals surface area contributed by atoms with Crippen LogP contribution >= 0.6 is 15.9 Å². The minimum Gasteiger partial charge on any atom is -0.481 e. The number of hydrogen-bond acceptors (Lipinski definition) is 3. The highest BCUT2D eigenvalue weighted by atomic mass is 79.9. The third kappa shape index (κ3) is 1.99. The predicted molar refractivity (Wildman–Crippen MR) is 77.7 cm³/mol. The highest BCUT2D eigenvalue weighted by Crippen LogP contribution is 2.28.